The van der Waals surface area contributed by atoms with Crippen molar-refractivity contribution in [1.29, 1.82) is 0 Å². The number of pyridine rings is 1. The maximum atomic E-state index is 13.2. The van der Waals surface area contributed by atoms with Gasteiger partial charge in [0.1, 0.15) is 0 Å². The number of halogens is 2. The third kappa shape index (κ3) is 7.83. The minimum atomic E-state index is 0. The topological polar surface area (TPSA) is 36.4 Å². The summed E-state index contributed by atoms with van der Waals surface area (Å²) in [5.74, 6) is 3.36. The smallest absolute Gasteiger partial charge is 0.223 e. The predicted octanol–water partition coefficient (Wildman–Crippen LogP) is 6.37. The molecule has 0 atom stereocenters. The second kappa shape index (κ2) is 13.3. The molecule has 1 heterocycles. The number of unbranched alkanes of at least 4 members (excludes halogenated alkanes) is 2. The van der Waals surface area contributed by atoms with Crippen LogP contribution in [-0.2, 0) is 11.3 Å². The van der Waals surface area contributed by atoms with E-state index in [0.29, 0.717) is 17.7 Å². The lowest BCUT2D eigenvalue weighted by Crippen LogP contribution is -2.47. The molecule has 4 fully saturated rings. The fraction of sp³-hybridized carbons (Fsp3) is 0.778. The summed E-state index contributed by atoms with van der Waals surface area (Å²) in [6.07, 6.45) is 18.0. The van der Waals surface area contributed by atoms with E-state index in [0.717, 1.165) is 50.4 Å². The summed E-state index contributed by atoms with van der Waals surface area (Å²) in [6, 6.07) is 4.11. The monoisotopic (exact) mass is 497 g/mol. The van der Waals surface area contributed by atoms with E-state index in [1.54, 1.807) is 0 Å². The largest absolute Gasteiger partial charge is 0.343 e. The van der Waals surface area contributed by atoms with Gasteiger partial charge in [-0.05, 0) is 99.3 Å². The highest BCUT2D eigenvalue weighted by molar-refractivity contribution is 5.85. The standard InChI is InChI=1S/C27H43N3O.2ClH/c1-3-4-5-12-30(26(31)8-13-29(2)21-22-6-10-28-11-7-22)14-9-27-18-23-15-24(19-27)17-25(16-23)20-27;;/h6-7,10-11,23-25H,3-5,8-9,12-21H2,1-2H3;2*1H. The third-order valence-corrected chi connectivity index (χ3v) is 8.37. The van der Waals surface area contributed by atoms with Gasteiger partial charge in [-0.15, -0.1) is 24.8 Å². The molecule has 1 aromatic rings. The van der Waals surface area contributed by atoms with E-state index in [1.807, 2.05) is 12.4 Å². The van der Waals surface area contributed by atoms with Crippen molar-refractivity contribution in [3.05, 3.63) is 30.1 Å². The first-order valence-corrected chi connectivity index (χ1v) is 12.9. The minimum absolute atomic E-state index is 0. The zero-order chi connectivity index (χ0) is 21.7. The van der Waals surface area contributed by atoms with E-state index in [9.17, 15) is 4.79 Å². The molecular formula is C27H45Cl2N3O. The van der Waals surface area contributed by atoms with Crippen LogP contribution in [0.4, 0.5) is 0 Å². The maximum Gasteiger partial charge on any atom is 0.223 e. The van der Waals surface area contributed by atoms with Crippen molar-refractivity contribution in [2.75, 3.05) is 26.7 Å². The van der Waals surface area contributed by atoms with Crippen molar-refractivity contribution < 1.29 is 4.79 Å². The number of nitrogens with zero attached hydrogens (tertiary/aromatic N) is 3. The second-order valence-corrected chi connectivity index (χ2v) is 11.1. The zero-order valence-corrected chi connectivity index (χ0v) is 22.3. The molecule has 0 unspecified atom stereocenters. The van der Waals surface area contributed by atoms with Crippen molar-refractivity contribution in [2.45, 2.75) is 84.1 Å². The molecule has 33 heavy (non-hydrogen) atoms. The first-order chi connectivity index (χ1) is 15.0. The summed E-state index contributed by atoms with van der Waals surface area (Å²) >= 11 is 0. The van der Waals surface area contributed by atoms with E-state index in [1.165, 1.54) is 63.4 Å². The Balaban J connectivity index is 0.00000193. The van der Waals surface area contributed by atoms with Crippen LogP contribution in [0.1, 0.15) is 83.1 Å². The van der Waals surface area contributed by atoms with Crippen LogP contribution in [0.3, 0.4) is 0 Å². The lowest BCUT2D eigenvalue weighted by Gasteiger charge is -2.57. The molecule has 0 saturated heterocycles. The van der Waals surface area contributed by atoms with E-state index >= 15 is 0 Å². The average molecular weight is 499 g/mol. The van der Waals surface area contributed by atoms with Crippen molar-refractivity contribution in [3.8, 4) is 0 Å². The number of amides is 1. The molecule has 0 aliphatic heterocycles. The summed E-state index contributed by atoms with van der Waals surface area (Å²) in [5.41, 5.74) is 1.82. The molecule has 4 bridgehead atoms. The second-order valence-electron chi connectivity index (χ2n) is 11.1. The Kier molecular flexibility index (Phi) is 11.4. The molecule has 4 aliphatic rings. The van der Waals surface area contributed by atoms with Gasteiger partial charge < -0.3 is 9.80 Å². The molecule has 1 aromatic heterocycles. The summed E-state index contributed by atoms with van der Waals surface area (Å²) in [4.78, 5) is 21.8. The van der Waals surface area contributed by atoms with Gasteiger partial charge in [-0.25, -0.2) is 0 Å². The maximum absolute atomic E-state index is 13.2. The Morgan fingerprint density at radius 2 is 1.58 bits per heavy atom. The van der Waals surface area contributed by atoms with Crippen LogP contribution in [0.2, 0.25) is 0 Å². The molecule has 1 amide bonds. The number of carbonyl (C=O) groups is 1. The summed E-state index contributed by atoms with van der Waals surface area (Å²) in [7, 11) is 2.12. The molecular weight excluding hydrogens is 453 g/mol. The molecule has 6 heteroatoms. The van der Waals surface area contributed by atoms with Crippen molar-refractivity contribution >= 4 is 30.7 Å². The van der Waals surface area contributed by atoms with Crippen LogP contribution >= 0.6 is 24.8 Å². The van der Waals surface area contributed by atoms with E-state index in [-0.39, 0.29) is 24.8 Å². The summed E-state index contributed by atoms with van der Waals surface area (Å²) in [5, 5.41) is 0. The van der Waals surface area contributed by atoms with Gasteiger partial charge >= 0.3 is 0 Å². The van der Waals surface area contributed by atoms with E-state index in [4.69, 9.17) is 0 Å². The van der Waals surface area contributed by atoms with Crippen LogP contribution in [0.25, 0.3) is 0 Å². The third-order valence-electron chi connectivity index (χ3n) is 8.37. The fourth-order valence-electron chi connectivity index (χ4n) is 7.21. The molecule has 5 rings (SSSR count). The van der Waals surface area contributed by atoms with Gasteiger partial charge in [-0.3, -0.25) is 9.78 Å². The van der Waals surface area contributed by atoms with Crippen molar-refractivity contribution in [2.24, 2.45) is 23.2 Å². The summed E-state index contributed by atoms with van der Waals surface area (Å²) < 4.78 is 0. The average Bonchev–Trinajstić information content (AvgIpc) is 2.74. The molecule has 188 valence electrons. The predicted molar refractivity (Wildman–Crippen MR) is 141 cm³/mol. The lowest BCUT2D eigenvalue weighted by atomic mass is 9.49. The highest BCUT2D eigenvalue weighted by Crippen LogP contribution is 2.61. The molecule has 4 saturated carbocycles. The first kappa shape index (κ1) is 28.4. The highest BCUT2D eigenvalue weighted by atomic mass is 35.5. The Morgan fingerprint density at radius 1 is 0.970 bits per heavy atom. The minimum Gasteiger partial charge on any atom is -0.343 e. The summed E-state index contributed by atoms with van der Waals surface area (Å²) in [6.45, 7) is 5.88. The molecule has 0 aromatic carbocycles. The Labute approximate surface area is 214 Å². The van der Waals surface area contributed by atoms with E-state index in [2.05, 4.69) is 40.9 Å². The highest BCUT2D eigenvalue weighted by Gasteiger charge is 2.50. The Morgan fingerprint density at radius 3 is 2.15 bits per heavy atom. The molecule has 0 radical (unpaired) electrons. The van der Waals surface area contributed by atoms with Gasteiger partial charge in [-0.2, -0.15) is 0 Å². The van der Waals surface area contributed by atoms with Gasteiger partial charge in [0.2, 0.25) is 5.91 Å². The van der Waals surface area contributed by atoms with Crippen molar-refractivity contribution in [3.63, 3.8) is 0 Å². The lowest BCUT2D eigenvalue weighted by molar-refractivity contribution is -0.133. The normalized spacial score (nSPS) is 27.2. The van der Waals surface area contributed by atoms with Gasteiger partial charge in [0, 0.05) is 45.0 Å². The first-order valence-electron chi connectivity index (χ1n) is 12.9. The zero-order valence-electron chi connectivity index (χ0n) is 20.7. The molecule has 4 aliphatic carbocycles. The van der Waals surface area contributed by atoms with Gasteiger partial charge in [0.15, 0.2) is 0 Å². The van der Waals surface area contributed by atoms with E-state index < -0.39 is 0 Å². The number of carbonyl (C=O) groups excluding carboxylic acids is 1. The number of hydrogen-bond donors (Lipinski definition) is 0. The quantitative estimate of drug-likeness (QED) is 0.314. The molecule has 0 spiro atoms. The number of hydrogen-bond acceptors (Lipinski definition) is 3. The van der Waals surface area contributed by atoms with Crippen LogP contribution in [0.5, 0.6) is 0 Å². The Bertz CT molecular complexity index is 679. The molecule has 4 nitrogen and oxygen atoms in total. The fourth-order valence-corrected chi connectivity index (χ4v) is 7.21. The Hall–Kier alpha value is -0.840. The van der Waals surface area contributed by atoms with Crippen LogP contribution in [-0.4, -0.2) is 47.4 Å². The van der Waals surface area contributed by atoms with Gasteiger partial charge in [0.25, 0.3) is 0 Å². The van der Waals surface area contributed by atoms with Crippen LogP contribution < -0.4 is 0 Å². The SMILES string of the molecule is CCCCCN(CCC12CC3CC(CC(C3)C1)C2)C(=O)CCN(C)Cc1ccncc1.Cl.Cl. The molecule has 0 N–H and O–H groups in total. The van der Waals surface area contributed by atoms with Crippen LogP contribution in [0.15, 0.2) is 24.5 Å². The van der Waals surface area contributed by atoms with Gasteiger partial charge in [-0.1, -0.05) is 19.8 Å². The number of aromatic nitrogens is 1. The van der Waals surface area contributed by atoms with Gasteiger partial charge in [0.05, 0.1) is 0 Å². The van der Waals surface area contributed by atoms with Crippen LogP contribution in [0, 0.1) is 23.2 Å². The number of rotatable bonds is 12. The van der Waals surface area contributed by atoms with Crippen molar-refractivity contribution in [1.82, 2.24) is 14.8 Å².